The zero-order chi connectivity index (χ0) is 13.4. The molecule has 0 saturated heterocycles. The molecule has 0 atom stereocenters. The molecule has 100 valence electrons. The van der Waals surface area contributed by atoms with Crippen molar-refractivity contribution in [3.05, 3.63) is 41.1 Å². The van der Waals surface area contributed by atoms with Crippen LogP contribution in [0.4, 0.5) is 0 Å². The number of rotatable bonds is 3. The van der Waals surface area contributed by atoms with Crippen molar-refractivity contribution < 1.29 is 14.3 Å². The second kappa shape index (κ2) is 4.55. The van der Waals surface area contributed by atoms with Crippen molar-refractivity contribution in [2.24, 2.45) is 0 Å². The first-order valence-corrected chi connectivity index (χ1v) is 6.18. The molecule has 19 heavy (non-hydrogen) atoms. The highest BCUT2D eigenvalue weighted by Crippen LogP contribution is 2.25. The lowest BCUT2D eigenvalue weighted by atomic mass is 10.2. The smallest absolute Gasteiger partial charge is 0.290 e. The summed E-state index contributed by atoms with van der Waals surface area (Å²) in [5.41, 5.74) is 2.87. The number of furan rings is 1. The number of carbonyl (C=O) groups excluding carboxylic acids is 1. The Bertz CT molecular complexity index is 614. The van der Waals surface area contributed by atoms with E-state index in [0.717, 1.165) is 16.8 Å². The highest BCUT2D eigenvalue weighted by Gasteiger charge is 2.29. The van der Waals surface area contributed by atoms with Gasteiger partial charge in [-0.25, -0.2) is 0 Å². The van der Waals surface area contributed by atoms with Gasteiger partial charge in [0.1, 0.15) is 0 Å². The number of hydrogen-bond donors (Lipinski definition) is 1. The number of carbonyl (C=O) groups is 1. The Hall–Kier alpha value is -2.08. The second-order valence-electron chi connectivity index (χ2n) is 4.66. The van der Waals surface area contributed by atoms with Gasteiger partial charge in [-0.15, -0.1) is 0 Å². The third-order valence-electron chi connectivity index (χ3n) is 3.39. The predicted octanol–water partition coefficient (Wildman–Crippen LogP) is 0.933. The number of aryl methyl sites for hydroxylation is 1. The molecule has 1 N–H and O–H groups in total. The Kier molecular flexibility index (Phi) is 2.87. The van der Waals surface area contributed by atoms with Crippen LogP contribution in [0.25, 0.3) is 0 Å². The number of nitrogens with zero attached hydrogens (tertiary/aromatic N) is 3. The fraction of sp³-hybridized carbons (Fsp3) is 0.385. The average Bonchev–Trinajstić information content (AvgIpc) is 3.06. The molecule has 1 aliphatic rings. The van der Waals surface area contributed by atoms with Crippen molar-refractivity contribution in [1.82, 2.24) is 14.7 Å². The number of hydrogen-bond acceptors (Lipinski definition) is 4. The fourth-order valence-corrected chi connectivity index (χ4v) is 2.37. The van der Waals surface area contributed by atoms with E-state index in [2.05, 4.69) is 5.10 Å². The third kappa shape index (κ3) is 1.94. The molecule has 3 heterocycles. The van der Waals surface area contributed by atoms with Crippen molar-refractivity contribution >= 4 is 5.91 Å². The first kappa shape index (κ1) is 12.0. The molecule has 3 rings (SSSR count). The molecule has 0 bridgehead atoms. The summed E-state index contributed by atoms with van der Waals surface area (Å²) in [4.78, 5) is 14.0. The number of aliphatic hydroxyl groups excluding tert-OH is 1. The van der Waals surface area contributed by atoms with Gasteiger partial charge in [0.25, 0.3) is 5.91 Å². The summed E-state index contributed by atoms with van der Waals surface area (Å²) in [6.07, 6.45) is 3.28. The maximum atomic E-state index is 12.3. The first-order valence-electron chi connectivity index (χ1n) is 6.18. The molecule has 0 aromatic carbocycles. The van der Waals surface area contributed by atoms with E-state index in [-0.39, 0.29) is 12.5 Å². The number of amides is 1. The van der Waals surface area contributed by atoms with Gasteiger partial charge in [0.2, 0.25) is 0 Å². The minimum atomic E-state index is -0.103. The van der Waals surface area contributed by atoms with Crippen LogP contribution in [-0.4, -0.2) is 32.3 Å². The number of aromatic nitrogens is 2. The number of fused-ring (bicyclic) bond motifs is 1. The zero-order valence-corrected chi connectivity index (χ0v) is 10.7. The molecule has 0 fully saturated rings. The average molecular weight is 261 g/mol. The first-order chi connectivity index (χ1) is 9.20. The summed E-state index contributed by atoms with van der Waals surface area (Å²) in [7, 11) is 0. The monoisotopic (exact) mass is 261 g/mol. The van der Waals surface area contributed by atoms with E-state index in [4.69, 9.17) is 9.52 Å². The van der Waals surface area contributed by atoms with Gasteiger partial charge in [-0.1, -0.05) is 0 Å². The van der Waals surface area contributed by atoms with E-state index >= 15 is 0 Å². The Morgan fingerprint density at radius 1 is 1.53 bits per heavy atom. The largest absolute Gasteiger partial charge is 0.459 e. The summed E-state index contributed by atoms with van der Waals surface area (Å²) in [6.45, 7) is 3.40. The minimum absolute atomic E-state index is 0.0410. The Labute approximate surface area is 110 Å². The van der Waals surface area contributed by atoms with Crippen molar-refractivity contribution in [3.8, 4) is 0 Å². The summed E-state index contributed by atoms with van der Waals surface area (Å²) >= 11 is 0. The van der Waals surface area contributed by atoms with Crippen LogP contribution in [0.2, 0.25) is 0 Å². The van der Waals surface area contributed by atoms with Crippen molar-refractivity contribution in [2.75, 3.05) is 6.61 Å². The molecule has 6 heteroatoms. The van der Waals surface area contributed by atoms with Crippen molar-refractivity contribution in [2.45, 2.75) is 26.6 Å². The van der Waals surface area contributed by atoms with Crippen LogP contribution in [-0.2, 0) is 19.6 Å². The molecule has 6 nitrogen and oxygen atoms in total. The second-order valence-corrected chi connectivity index (χ2v) is 4.66. The Balaban J connectivity index is 1.80. The molecular weight excluding hydrogens is 246 g/mol. The van der Waals surface area contributed by atoms with Gasteiger partial charge in [0, 0.05) is 17.7 Å². The van der Waals surface area contributed by atoms with Crippen LogP contribution in [0.5, 0.6) is 0 Å². The van der Waals surface area contributed by atoms with E-state index in [0.29, 0.717) is 25.4 Å². The van der Waals surface area contributed by atoms with Crippen LogP contribution in [0.3, 0.4) is 0 Å². The summed E-state index contributed by atoms with van der Waals surface area (Å²) in [5.74, 6) is 0.293. The van der Waals surface area contributed by atoms with E-state index in [1.54, 1.807) is 21.8 Å². The molecule has 2 aromatic heterocycles. The maximum Gasteiger partial charge on any atom is 0.290 e. The Morgan fingerprint density at radius 3 is 3.05 bits per heavy atom. The van der Waals surface area contributed by atoms with Crippen LogP contribution < -0.4 is 0 Å². The molecule has 0 saturated carbocycles. The lowest BCUT2D eigenvalue weighted by molar-refractivity contribution is 0.0714. The van der Waals surface area contributed by atoms with E-state index in [1.807, 2.05) is 6.92 Å². The van der Waals surface area contributed by atoms with Gasteiger partial charge >= 0.3 is 0 Å². The van der Waals surface area contributed by atoms with Crippen LogP contribution in [0.1, 0.15) is 27.4 Å². The van der Waals surface area contributed by atoms with Gasteiger partial charge < -0.3 is 14.4 Å². The topological polar surface area (TPSA) is 71.5 Å². The SMILES string of the molecule is Cc1ccoc1C(=O)N1Cc2cnn(CCO)c2C1. The van der Waals surface area contributed by atoms with E-state index in [9.17, 15) is 4.79 Å². The van der Waals surface area contributed by atoms with E-state index < -0.39 is 0 Å². The quantitative estimate of drug-likeness (QED) is 0.892. The molecule has 0 radical (unpaired) electrons. The highest BCUT2D eigenvalue weighted by atomic mass is 16.3. The molecule has 1 amide bonds. The molecule has 1 aliphatic heterocycles. The zero-order valence-electron chi connectivity index (χ0n) is 10.7. The number of aliphatic hydroxyl groups is 1. The summed E-state index contributed by atoms with van der Waals surface area (Å²) in [6, 6.07) is 1.78. The molecule has 0 aliphatic carbocycles. The van der Waals surface area contributed by atoms with Gasteiger partial charge in [0.15, 0.2) is 5.76 Å². The minimum Gasteiger partial charge on any atom is -0.459 e. The van der Waals surface area contributed by atoms with Gasteiger partial charge in [0.05, 0.1) is 37.9 Å². The third-order valence-corrected chi connectivity index (χ3v) is 3.39. The predicted molar refractivity (Wildman–Crippen MR) is 66.3 cm³/mol. The maximum absolute atomic E-state index is 12.3. The standard InChI is InChI=1S/C13H15N3O3/c1-9-2-5-19-12(9)13(18)15-7-10-6-14-16(3-4-17)11(10)8-15/h2,5-6,17H,3-4,7-8H2,1H3. The lowest BCUT2D eigenvalue weighted by Gasteiger charge is -2.15. The summed E-state index contributed by atoms with van der Waals surface area (Å²) < 4.78 is 6.99. The van der Waals surface area contributed by atoms with Crippen molar-refractivity contribution in [3.63, 3.8) is 0 Å². The highest BCUT2D eigenvalue weighted by molar-refractivity contribution is 5.93. The molecular formula is C13H15N3O3. The van der Waals surface area contributed by atoms with Gasteiger partial charge in [-0.3, -0.25) is 9.48 Å². The summed E-state index contributed by atoms with van der Waals surface area (Å²) in [5, 5.41) is 13.2. The molecule has 2 aromatic rings. The van der Waals surface area contributed by atoms with Crippen LogP contribution in [0.15, 0.2) is 22.9 Å². The molecule has 0 unspecified atom stereocenters. The fourth-order valence-electron chi connectivity index (χ4n) is 2.37. The normalized spacial score (nSPS) is 13.9. The van der Waals surface area contributed by atoms with Crippen LogP contribution in [0, 0.1) is 6.92 Å². The van der Waals surface area contributed by atoms with Crippen LogP contribution >= 0.6 is 0 Å². The van der Waals surface area contributed by atoms with Crippen molar-refractivity contribution in [1.29, 1.82) is 0 Å². The molecule has 0 spiro atoms. The lowest BCUT2D eigenvalue weighted by Crippen LogP contribution is -2.26. The van der Waals surface area contributed by atoms with E-state index in [1.165, 1.54) is 6.26 Å². The Morgan fingerprint density at radius 2 is 2.37 bits per heavy atom. The van der Waals surface area contributed by atoms with Gasteiger partial charge in [-0.05, 0) is 13.0 Å². The van der Waals surface area contributed by atoms with Gasteiger partial charge in [-0.2, -0.15) is 5.10 Å².